The van der Waals surface area contributed by atoms with Crippen LogP contribution in [0.15, 0.2) is 22.4 Å². The van der Waals surface area contributed by atoms with Crippen LogP contribution in [0.1, 0.15) is 0 Å². The van der Waals surface area contributed by atoms with Crippen molar-refractivity contribution in [2.24, 2.45) is 0 Å². The van der Waals surface area contributed by atoms with E-state index < -0.39 is 0 Å². The van der Waals surface area contributed by atoms with Gasteiger partial charge in [0.25, 0.3) is 0 Å². The molecule has 1 heterocycles. The summed E-state index contributed by atoms with van der Waals surface area (Å²) in [6, 6.07) is 6.26. The van der Waals surface area contributed by atoms with Gasteiger partial charge in [-0.15, -0.1) is 23.1 Å². The predicted octanol–water partition coefficient (Wildman–Crippen LogP) is 4.88. The fourth-order valence-electron chi connectivity index (χ4n) is 1.13. The predicted molar refractivity (Wildman–Crippen MR) is 71.3 cm³/mol. The molecule has 0 bridgehead atoms. The third-order valence-corrected chi connectivity index (χ3v) is 5.73. The van der Waals surface area contributed by atoms with E-state index in [0.717, 1.165) is 8.59 Å². The quantitative estimate of drug-likeness (QED) is 0.526. The molecule has 0 aliphatic rings. The molecule has 2 rings (SSSR count). The largest absolute Gasteiger partial charge is 0.129 e. The van der Waals surface area contributed by atoms with Crippen LogP contribution >= 0.6 is 57.3 Å². The van der Waals surface area contributed by atoms with Gasteiger partial charge in [0, 0.05) is 13.7 Å². The van der Waals surface area contributed by atoms with Crippen LogP contribution in [0.5, 0.6) is 0 Å². The highest BCUT2D eigenvalue weighted by molar-refractivity contribution is 14.1. The van der Waals surface area contributed by atoms with Gasteiger partial charge in [-0.2, -0.15) is 0 Å². The Kier molecular flexibility index (Phi) is 3.07. The first-order valence-electron chi connectivity index (χ1n) is 3.64. The minimum Gasteiger partial charge on any atom is -0.129 e. The van der Waals surface area contributed by atoms with Crippen LogP contribution in [0.25, 0.3) is 10.1 Å². The fraction of sp³-hybridized carbons (Fsp3) is 0.111. The molecule has 0 saturated carbocycles. The minimum absolute atomic E-state index is 0.846. The van der Waals surface area contributed by atoms with Crippen LogP contribution in [-0.4, -0.2) is 6.26 Å². The highest BCUT2D eigenvalue weighted by Crippen LogP contribution is 2.36. The lowest BCUT2D eigenvalue weighted by Gasteiger charge is -1.95. The lowest BCUT2D eigenvalue weighted by atomic mass is 10.3. The standard InChI is InChI=1S/C9H6ClIS2/c1-12-8-4-5-7(13-8)3-2-6(10)9(5)11/h2-4H,1H3. The van der Waals surface area contributed by atoms with Crippen molar-refractivity contribution in [3.05, 3.63) is 26.8 Å². The monoisotopic (exact) mass is 340 g/mol. The second-order valence-corrected chi connectivity index (χ2v) is 6.22. The summed E-state index contributed by atoms with van der Waals surface area (Å²) in [5.74, 6) is 0. The zero-order valence-corrected chi connectivity index (χ0v) is 11.4. The molecule has 0 saturated heterocycles. The van der Waals surface area contributed by atoms with Crippen LogP contribution in [0.3, 0.4) is 0 Å². The fourth-order valence-corrected chi connectivity index (χ4v) is 3.74. The van der Waals surface area contributed by atoms with Gasteiger partial charge in [0.15, 0.2) is 0 Å². The van der Waals surface area contributed by atoms with E-state index in [0.29, 0.717) is 0 Å². The maximum absolute atomic E-state index is 6.03. The third kappa shape index (κ3) is 1.84. The molecule has 0 aliphatic heterocycles. The number of hydrogen-bond acceptors (Lipinski definition) is 2. The van der Waals surface area contributed by atoms with Crippen molar-refractivity contribution in [3.63, 3.8) is 0 Å². The molecule has 4 heteroatoms. The molecule has 0 aliphatic carbocycles. The Morgan fingerprint density at radius 1 is 1.46 bits per heavy atom. The number of halogens is 2. The van der Waals surface area contributed by atoms with Crippen molar-refractivity contribution in [1.29, 1.82) is 0 Å². The Hall–Kier alpha value is 0.550. The molecule has 0 nitrogen and oxygen atoms in total. The molecule has 0 N–H and O–H groups in total. The van der Waals surface area contributed by atoms with Gasteiger partial charge in [-0.05, 0) is 47.0 Å². The van der Waals surface area contributed by atoms with Crippen molar-refractivity contribution in [1.82, 2.24) is 0 Å². The average Bonchev–Trinajstić information content (AvgIpc) is 2.55. The Morgan fingerprint density at radius 2 is 2.23 bits per heavy atom. The molecule has 0 fully saturated rings. The van der Waals surface area contributed by atoms with Crippen LogP contribution in [0.2, 0.25) is 5.02 Å². The summed E-state index contributed by atoms with van der Waals surface area (Å²) in [5, 5.41) is 2.13. The summed E-state index contributed by atoms with van der Waals surface area (Å²) in [5.41, 5.74) is 0. The van der Waals surface area contributed by atoms with Crippen molar-refractivity contribution in [3.8, 4) is 0 Å². The first kappa shape index (κ1) is 10.1. The normalized spacial score (nSPS) is 11.0. The SMILES string of the molecule is CSc1cc2c(I)c(Cl)ccc2s1. The Morgan fingerprint density at radius 3 is 2.92 bits per heavy atom. The molecule has 0 unspecified atom stereocenters. The third-order valence-electron chi connectivity index (χ3n) is 1.77. The van der Waals surface area contributed by atoms with Crippen molar-refractivity contribution in [2.75, 3.05) is 6.26 Å². The zero-order chi connectivity index (χ0) is 9.42. The number of hydrogen-bond donors (Lipinski definition) is 0. The van der Waals surface area contributed by atoms with E-state index in [1.165, 1.54) is 14.3 Å². The Balaban J connectivity index is 2.76. The van der Waals surface area contributed by atoms with Gasteiger partial charge in [0.05, 0.1) is 9.23 Å². The number of benzene rings is 1. The van der Waals surface area contributed by atoms with Gasteiger partial charge in [-0.1, -0.05) is 11.6 Å². The van der Waals surface area contributed by atoms with E-state index in [4.69, 9.17) is 11.6 Å². The van der Waals surface area contributed by atoms with E-state index in [-0.39, 0.29) is 0 Å². The molecular formula is C9H6ClIS2. The summed E-state index contributed by atoms with van der Waals surface area (Å²) in [6.07, 6.45) is 2.10. The summed E-state index contributed by atoms with van der Waals surface area (Å²) < 4.78 is 3.82. The first-order chi connectivity index (χ1) is 6.22. The van der Waals surface area contributed by atoms with Crippen LogP contribution in [0, 0.1) is 3.57 Å². The Bertz CT molecular complexity index is 450. The van der Waals surface area contributed by atoms with Crippen LogP contribution in [-0.2, 0) is 0 Å². The maximum Gasteiger partial charge on any atom is 0.0608 e. The van der Waals surface area contributed by atoms with Crippen molar-refractivity contribution < 1.29 is 0 Å². The lowest BCUT2D eigenvalue weighted by molar-refractivity contribution is 1.72. The number of thiophene rings is 1. The molecule has 0 amide bonds. The summed E-state index contributed by atoms with van der Waals surface area (Å²) >= 11 is 11.9. The molecule has 1 aromatic carbocycles. The van der Waals surface area contributed by atoms with E-state index in [1.54, 1.807) is 11.8 Å². The molecule has 0 spiro atoms. The van der Waals surface area contributed by atoms with E-state index in [2.05, 4.69) is 41.0 Å². The lowest BCUT2D eigenvalue weighted by Crippen LogP contribution is -1.72. The summed E-state index contributed by atoms with van der Waals surface area (Å²) in [4.78, 5) is 0. The van der Waals surface area contributed by atoms with Crippen LogP contribution in [0.4, 0.5) is 0 Å². The number of rotatable bonds is 1. The van der Waals surface area contributed by atoms with Crippen LogP contribution < -0.4 is 0 Å². The smallest absolute Gasteiger partial charge is 0.0608 e. The van der Waals surface area contributed by atoms with Gasteiger partial charge >= 0.3 is 0 Å². The average molecular weight is 341 g/mol. The minimum atomic E-state index is 0.846. The molecule has 2 aromatic rings. The molecule has 68 valence electrons. The van der Waals surface area contributed by atoms with E-state index in [9.17, 15) is 0 Å². The molecule has 0 radical (unpaired) electrons. The second-order valence-electron chi connectivity index (χ2n) is 2.54. The first-order valence-corrected chi connectivity index (χ1v) is 7.13. The summed E-state index contributed by atoms with van der Waals surface area (Å²) in [7, 11) is 0. The second kappa shape index (κ2) is 3.96. The highest BCUT2D eigenvalue weighted by atomic mass is 127. The van der Waals surface area contributed by atoms with Gasteiger partial charge in [0.2, 0.25) is 0 Å². The number of fused-ring (bicyclic) bond motifs is 1. The number of thioether (sulfide) groups is 1. The van der Waals surface area contributed by atoms with E-state index >= 15 is 0 Å². The molecule has 0 atom stereocenters. The topological polar surface area (TPSA) is 0 Å². The molecular weight excluding hydrogens is 335 g/mol. The van der Waals surface area contributed by atoms with Gasteiger partial charge in [-0.25, -0.2) is 0 Å². The van der Waals surface area contributed by atoms with Gasteiger partial charge in [0.1, 0.15) is 0 Å². The molecule has 1 aromatic heterocycles. The van der Waals surface area contributed by atoms with Crippen molar-refractivity contribution >= 4 is 67.4 Å². The Labute approximate surface area is 104 Å². The summed E-state index contributed by atoms with van der Waals surface area (Å²) in [6.45, 7) is 0. The highest BCUT2D eigenvalue weighted by Gasteiger charge is 2.06. The zero-order valence-electron chi connectivity index (χ0n) is 6.80. The van der Waals surface area contributed by atoms with E-state index in [1.807, 2.05) is 17.4 Å². The molecule has 13 heavy (non-hydrogen) atoms. The van der Waals surface area contributed by atoms with Crippen molar-refractivity contribution in [2.45, 2.75) is 4.21 Å². The van der Waals surface area contributed by atoms with Gasteiger partial charge in [-0.3, -0.25) is 0 Å². The maximum atomic E-state index is 6.03. The van der Waals surface area contributed by atoms with Gasteiger partial charge < -0.3 is 0 Å².